The lowest BCUT2D eigenvalue weighted by molar-refractivity contribution is 0.303. The molecule has 0 amide bonds. The molecule has 174 valence electrons. The minimum atomic E-state index is 0.446. The number of rotatable bonds is 6. The number of halogens is 1. The largest absolute Gasteiger partial charge is 0.338 e. The molecule has 3 heterocycles. The molecule has 0 aliphatic carbocycles. The highest BCUT2D eigenvalue weighted by atomic mass is 35.5. The van der Waals surface area contributed by atoms with Crippen molar-refractivity contribution in [2.75, 3.05) is 30.3 Å². The molecule has 4 aromatic rings. The Bertz CT molecular complexity index is 1300. The Labute approximate surface area is 204 Å². The third-order valence-corrected chi connectivity index (χ3v) is 6.57. The van der Waals surface area contributed by atoms with Crippen LogP contribution in [0.15, 0.2) is 61.1 Å². The van der Waals surface area contributed by atoms with E-state index < -0.39 is 0 Å². The Kier molecular flexibility index (Phi) is 6.47. The van der Waals surface area contributed by atoms with E-state index in [1.807, 2.05) is 42.1 Å². The molecule has 2 aromatic heterocycles. The summed E-state index contributed by atoms with van der Waals surface area (Å²) in [6, 6.07) is 14.5. The van der Waals surface area contributed by atoms with E-state index in [2.05, 4.69) is 55.6 Å². The second-order valence-electron chi connectivity index (χ2n) is 8.47. The number of benzene rings is 2. The maximum atomic E-state index is 6.46. The van der Waals surface area contributed by atoms with E-state index >= 15 is 0 Å². The molecule has 1 aliphatic heterocycles. The van der Waals surface area contributed by atoms with Crippen LogP contribution in [0.3, 0.4) is 0 Å². The molecule has 0 radical (unpaired) electrons. The summed E-state index contributed by atoms with van der Waals surface area (Å²) in [5.41, 5.74) is 5.62. The van der Waals surface area contributed by atoms with Crippen LogP contribution in [0, 0.1) is 0 Å². The molecule has 5 rings (SSSR count). The fourth-order valence-corrected chi connectivity index (χ4v) is 4.49. The van der Waals surface area contributed by atoms with Crippen LogP contribution in [0.5, 0.6) is 0 Å². The summed E-state index contributed by atoms with van der Waals surface area (Å²) >= 11 is 6.46. The maximum absolute atomic E-state index is 6.46. The lowest BCUT2D eigenvalue weighted by atomic mass is 10.0. The number of nitrogens with one attached hydrogen (secondary N) is 2. The van der Waals surface area contributed by atoms with Gasteiger partial charge in [-0.05, 0) is 54.8 Å². The van der Waals surface area contributed by atoms with Crippen molar-refractivity contribution in [1.29, 1.82) is 0 Å². The van der Waals surface area contributed by atoms with Crippen molar-refractivity contribution in [1.82, 2.24) is 24.4 Å². The quantitative estimate of drug-likeness (QED) is 0.388. The van der Waals surface area contributed by atoms with Crippen LogP contribution in [0.4, 0.5) is 23.1 Å². The molecular weight excluding hydrogens is 446 g/mol. The maximum Gasteiger partial charge on any atom is 0.229 e. The molecule has 0 saturated carbocycles. The SMILES string of the molecule is CCN1CCc2ccc(Nc3ncc(Cl)c(Nc4ccccc4-c4nccn4C)n3)cc2CC1. The van der Waals surface area contributed by atoms with Gasteiger partial charge in [-0.3, -0.25) is 0 Å². The summed E-state index contributed by atoms with van der Waals surface area (Å²) in [6.45, 7) is 5.53. The molecule has 1 aliphatic rings. The summed E-state index contributed by atoms with van der Waals surface area (Å²) in [5, 5.41) is 7.17. The summed E-state index contributed by atoms with van der Waals surface area (Å²) in [4.78, 5) is 16.0. The van der Waals surface area contributed by atoms with Gasteiger partial charge in [-0.15, -0.1) is 0 Å². The summed E-state index contributed by atoms with van der Waals surface area (Å²) in [5.74, 6) is 1.89. The van der Waals surface area contributed by atoms with Crippen molar-refractivity contribution in [3.8, 4) is 11.4 Å². The fourth-order valence-electron chi connectivity index (χ4n) is 4.35. The predicted octanol–water partition coefficient (Wildman–Crippen LogP) is 5.44. The molecular formula is C26H28ClN7. The number of likely N-dealkylation sites (N-methyl/N-ethyl adjacent to an activating group) is 1. The van der Waals surface area contributed by atoms with Gasteiger partial charge < -0.3 is 20.1 Å². The number of aryl methyl sites for hydroxylation is 1. The third-order valence-electron chi connectivity index (χ3n) is 6.29. The molecule has 0 bridgehead atoms. The molecule has 2 N–H and O–H groups in total. The molecule has 7 nitrogen and oxygen atoms in total. The summed E-state index contributed by atoms with van der Waals surface area (Å²) in [7, 11) is 1.97. The van der Waals surface area contributed by atoms with Crippen LogP contribution in [0.1, 0.15) is 18.1 Å². The van der Waals surface area contributed by atoms with Crippen LogP contribution in [0.25, 0.3) is 11.4 Å². The molecule has 0 fully saturated rings. The fraction of sp³-hybridized carbons (Fsp3) is 0.269. The number of imidazole rings is 1. The minimum Gasteiger partial charge on any atom is -0.338 e. The number of aromatic nitrogens is 4. The van der Waals surface area contributed by atoms with Crippen molar-refractivity contribution in [2.24, 2.45) is 7.05 Å². The summed E-state index contributed by atoms with van der Waals surface area (Å²) in [6.07, 6.45) is 7.46. The summed E-state index contributed by atoms with van der Waals surface area (Å²) < 4.78 is 1.98. The van der Waals surface area contributed by atoms with Gasteiger partial charge >= 0.3 is 0 Å². The highest BCUT2D eigenvalue weighted by Crippen LogP contribution is 2.31. The molecule has 2 aromatic carbocycles. The lowest BCUT2D eigenvalue weighted by Gasteiger charge is -2.16. The van der Waals surface area contributed by atoms with E-state index in [1.54, 1.807) is 12.4 Å². The average molecular weight is 474 g/mol. The van der Waals surface area contributed by atoms with E-state index in [0.29, 0.717) is 16.8 Å². The van der Waals surface area contributed by atoms with Gasteiger partial charge in [-0.2, -0.15) is 4.98 Å². The first-order chi connectivity index (χ1) is 16.6. The second-order valence-corrected chi connectivity index (χ2v) is 8.87. The van der Waals surface area contributed by atoms with Gasteiger partial charge in [-0.1, -0.05) is 36.7 Å². The first kappa shape index (κ1) is 22.4. The number of anilines is 4. The normalized spacial score (nSPS) is 13.9. The number of hydrogen-bond donors (Lipinski definition) is 2. The van der Waals surface area contributed by atoms with Crippen molar-refractivity contribution >= 4 is 34.7 Å². The average Bonchev–Trinajstić information content (AvgIpc) is 3.16. The zero-order chi connectivity index (χ0) is 23.5. The first-order valence-corrected chi connectivity index (χ1v) is 12.0. The van der Waals surface area contributed by atoms with Crippen molar-refractivity contribution in [2.45, 2.75) is 19.8 Å². The van der Waals surface area contributed by atoms with E-state index in [0.717, 1.165) is 55.2 Å². The number of para-hydroxylation sites is 1. The zero-order valence-corrected chi connectivity index (χ0v) is 20.2. The molecule has 0 unspecified atom stereocenters. The molecule has 0 saturated heterocycles. The zero-order valence-electron chi connectivity index (χ0n) is 19.4. The minimum absolute atomic E-state index is 0.446. The highest BCUT2D eigenvalue weighted by molar-refractivity contribution is 6.33. The van der Waals surface area contributed by atoms with E-state index in [1.165, 1.54) is 11.1 Å². The Hall–Kier alpha value is -3.42. The third kappa shape index (κ3) is 4.76. The van der Waals surface area contributed by atoms with Crippen LogP contribution < -0.4 is 10.6 Å². The monoisotopic (exact) mass is 473 g/mol. The van der Waals surface area contributed by atoms with E-state index in [4.69, 9.17) is 11.6 Å². The molecule has 8 heteroatoms. The van der Waals surface area contributed by atoms with Gasteiger partial charge in [-0.25, -0.2) is 9.97 Å². The van der Waals surface area contributed by atoms with Gasteiger partial charge in [0, 0.05) is 43.8 Å². The van der Waals surface area contributed by atoms with Gasteiger partial charge in [0.25, 0.3) is 0 Å². The van der Waals surface area contributed by atoms with E-state index in [9.17, 15) is 0 Å². The number of fused-ring (bicyclic) bond motifs is 1. The van der Waals surface area contributed by atoms with Crippen LogP contribution in [-0.4, -0.2) is 44.1 Å². The lowest BCUT2D eigenvalue weighted by Crippen LogP contribution is -2.25. The number of hydrogen-bond acceptors (Lipinski definition) is 6. The van der Waals surface area contributed by atoms with Crippen LogP contribution in [0.2, 0.25) is 5.02 Å². The number of nitrogens with zero attached hydrogens (tertiary/aromatic N) is 5. The van der Waals surface area contributed by atoms with Gasteiger partial charge in [0.05, 0.1) is 11.9 Å². The Morgan fingerprint density at radius 2 is 1.82 bits per heavy atom. The topological polar surface area (TPSA) is 70.9 Å². The Morgan fingerprint density at radius 1 is 1.00 bits per heavy atom. The highest BCUT2D eigenvalue weighted by Gasteiger charge is 2.15. The van der Waals surface area contributed by atoms with Crippen molar-refractivity contribution < 1.29 is 0 Å². The van der Waals surface area contributed by atoms with Gasteiger partial charge in [0.2, 0.25) is 5.95 Å². The van der Waals surface area contributed by atoms with Gasteiger partial charge in [0.15, 0.2) is 5.82 Å². The molecule has 0 spiro atoms. The predicted molar refractivity (Wildman–Crippen MR) is 138 cm³/mol. The standard InChI is InChI=1S/C26H28ClN7/c1-3-34-13-10-18-8-9-20(16-19(18)11-14-34)30-26-29-17-22(27)24(32-26)31-23-7-5-4-6-21(23)25-28-12-15-33(25)2/h4-9,12,15-17H,3,10-11,13-14H2,1-2H3,(H2,29,30,31,32). The first-order valence-electron chi connectivity index (χ1n) is 11.6. The molecule has 34 heavy (non-hydrogen) atoms. The van der Waals surface area contributed by atoms with E-state index in [-0.39, 0.29) is 0 Å². The Morgan fingerprint density at radius 3 is 2.62 bits per heavy atom. The molecule has 0 atom stereocenters. The smallest absolute Gasteiger partial charge is 0.229 e. The Balaban J connectivity index is 1.38. The van der Waals surface area contributed by atoms with Gasteiger partial charge in [0.1, 0.15) is 10.8 Å². The van der Waals surface area contributed by atoms with Crippen LogP contribution >= 0.6 is 11.6 Å². The van der Waals surface area contributed by atoms with Crippen LogP contribution in [-0.2, 0) is 19.9 Å². The second kappa shape index (κ2) is 9.83. The van der Waals surface area contributed by atoms with Crippen molar-refractivity contribution in [3.05, 3.63) is 77.2 Å². The van der Waals surface area contributed by atoms with Crippen molar-refractivity contribution in [3.63, 3.8) is 0 Å².